The molecule has 0 atom stereocenters. The summed E-state index contributed by atoms with van der Waals surface area (Å²) in [6, 6.07) is 0. The zero-order chi connectivity index (χ0) is 10.9. The van der Waals surface area contributed by atoms with Crippen LogP contribution in [0, 0.1) is 11.1 Å². The highest BCUT2D eigenvalue weighted by molar-refractivity contribution is 4.70. The second kappa shape index (κ2) is 8.12. The van der Waals surface area contributed by atoms with Gasteiger partial charge in [0.15, 0.2) is 0 Å². The Balaban J connectivity index is 1.98. The molecule has 15 heavy (non-hydrogen) atoms. The Morgan fingerprint density at radius 1 is 1.07 bits per heavy atom. The van der Waals surface area contributed by atoms with E-state index in [-0.39, 0.29) is 0 Å². The molecule has 0 aromatic heterocycles. The Morgan fingerprint density at radius 2 is 1.80 bits per heavy atom. The molecule has 2 heteroatoms. The minimum absolute atomic E-state index is 0.697. The molecule has 1 aliphatic carbocycles. The molecule has 1 saturated carbocycles. The van der Waals surface area contributed by atoms with Gasteiger partial charge in [-0.15, -0.1) is 0 Å². The molecule has 0 radical (unpaired) electrons. The Kier molecular flexibility index (Phi) is 7.03. The number of hydrogen-bond donors (Lipinski definition) is 0. The van der Waals surface area contributed by atoms with Crippen molar-refractivity contribution in [1.29, 1.82) is 0 Å². The zero-order valence-electron chi connectivity index (χ0n) is 10.2. The standard InChI is InChI=1S/C13H26NO/c1-2-3-4-8-11-14(15)12-13-9-6-5-7-10-13/h13H,2-12H2,1H3/q-1. The molecule has 0 unspecified atom stereocenters. The van der Waals surface area contributed by atoms with Gasteiger partial charge in [-0.3, -0.25) is 0 Å². The molecular weight excluding hydrogens is 186 g/mol. The fourth-order valence-electron chi connectivity index (χ4n) is 2.46. The van der Waals surface area contributed by atoms with E-state index in [9.17, 15) is 5.21 Å². The van der Waals surface area contributed by atoms with Crippen LogP contribution in [-0.2, 0) is 0 Å². The summed E-state index contributed by atoms with van der Waals surface area (Å²) in [7, 11) is 0. The van der Waals surface area contributed by atoms with Gasteiger partial charge in [-0.25, -0.2) is 0 Å². The van der Waals surface area contributed by atoms with Crippen LogP contribution in [0.5, 0.6) is 0 Å². The number of hydroxylamine groups is 2. The molecule has 0 bridgehead atoms. The van der Waals surface area contributed by atoms with E-state index in [2.05, 4.69) is 6.92 Å². The number of hydrogen-bond acceptors (Lipinski definition) is 2. The van der Waals surface area contributed by atoms with Gasteiger partial charge < -0.3 is 10.3 Å². The lowest BCUT2D eigenvalue weighted by Gasteiger charge is -2.34. The van der Waals surface area contributed by atoms with E-state index in [1.54, 1.807) is 0 Å². The molecule has 90 valence electrons. The van der Waals surface area contributed by atoms with Crippen LogP contribution >= 0.6 is 0 Å². The summed E-state index contributed by atoms with van der Waals surface area (Å²) in [6.07, 6.45) is 11.5. The molecule has 0 aromatic rings. The third-order valence-corrected chi connectivity index (χ3v) is 3.45. The predicted octanol–water partition coefficient (Wildman–Crippen LogP) is 3.95. The Labute approximate surface area is 94.6 Å². The Hall–Kier alpha value is -0.0800. The van der Waals surface area contributed by atoms with Crippen LogP contribution in [-0.4, -0.2) is 18.2 Å². The van der Waals surface area contributed by atoms with E-state index in [4.69, 9.17) is 0 Å². The van der Waals surface area contributed by atoms with Crippen LogP contribution < -0.4 is 0 Å². The van der Waals surface area contributed by atoms with Crippen LogP contribution in [0.4, 0.5) is 0 Å². The summed E-state index contributed by atoms with van der Waals surface area (Å²) in [5.74, 6) is 0.697. The molecule has 0 heterocycles. The van der Waals surface area contributed by atoms with Crippen molar-refractivity contribution in [3.8, 4) is 0 Å². The first-order chi connectivity index (χ1) is 7.33. The zero-order valence-corrected chi connectivity index (χ0v) is 10.2. The number of rotatable bonds is 7. The lowest BCUT2D eigenvalue weighted by atomic mass is 9.89. The summed E-state index contributed by atoms with van der Waals surface area (Å²) in [5.41, 5.74) is 0. The minimum atomic E-state index is 0.697. The van der Waals surface area contributed by atoms with Gasteiger partial charge in [0, 0.05) is 0 Å². The molecule has 0 spiro atoms. The Bertz CT molecular complexity index is 143. The highest BCUT2D eigenvalue weighted by Gasteiger charge is 2.13. The van der Waals surface area contributed by atoms with Gasteiger partial charge in [0.25, 0.3) is 0 Å². The molecule has 1 aliphatic rings. The van der Waals surface area contributed by atoms with Gasteiger partial charge in [-0.1, -0.05) is 45.4 Å². The van der Waals surface area contributed by atoms with Crippen molar-refractivity contribution in [3.63, 3.8) is 0 Å². The van der Waals surface area contributed by atoms with Crippen molar-refractivity contribution in [3.05, 3.63) is 5.21 Å². The Morgan fingerprint density at radius 3 is 2.47 bits per heavy atom. The average Bonchev–Trinajstić information content (AvgIpc) is 2.26. The molecule has 0 N–H and O–H groups in total. The number of nitrogens with zero attached hydrogens (tertiary/aromatic N) is 1. The van der Waals surface area contributed by atoms with Gasteiger partial charge in [0.05, 0.1) is 0 Å². The van der Waals surface area contributed by atoms with Crippen molar-refractivity contribution in [2.24, 2.45) is 5.92 Å². The molecule has 0 aromatic carbocycles. The van der Waals surface area contributed by atoms with E-state index >= 15 is 0 Å². The quantitative estimate of drug-likeness (QED) is 0.472. The predicted molar refractivity (Wildman–Crippen MR) is 65.7 cm³/mol. The fourth-order valence-corrected chi connectivity index (χ4v) is 2.46. The van der Waals surface area contributed by atoms with E-state index in [1.807, 2.05) is 0 Å². The van der Waals surface area contributed by atoms with Crippen molar-refractivity contribution in [2.45, 2.75) is 64.7 Å². The lowest BCUT2D eigenvalue weighted by Crippen LogP contribution is -2.26. The summed E-state index contributed by atoms with van der Waals surface area (Å²) in [5, 5.41) is 12.9. The van der Waals surface area contributed by atoms with Crippen LogP contribution in [0.2, 0.25) is 0 Å². The van der Waals surface area contributed by atoms with Crippen molar-refractivity contribution < 1.29 is 0 Å². The lowest BCUT2D eigenvalue weighted by molar-refractivity contribution is 0.251. The maximum atomic E-state index is 11.6. The maximum Gasteiger partial charge on any atom is -0.0116 e. The second-order valence-electron chi connectivity index (χ2n) is 4.95. The van der Waals surface area contributed by atoms with E-state index in [1.165, 1.54) is 56.4 Å². The second-order valence-corrected chi connectivity index (χ2v) is 4.95. The normalized spacial score (nSPS) is 18.6. The van der Waals surface area contributed by atoms with Gasteiger partial charge in [0.2, 0.25) is 0 Å². The van der Waals surface area contributed by atoms with Crippen molar-refractivity contribution in [1.82, 2.24) is 5.06 Å². The summed E-state index contributed by atoms with van der Waals surface area (Å²) in [6.45, 7) is 3.76. The first kappa shape index (κ1) is 13.0. The maximum absolute atomic E-state index is 11.6. The highest BCUT2D eigenvalue weighted by Crippen LogP contribution is 2.24. The topological polar surface area (TPSA) is 26.3 Å². The molecular formula is C13H26NO-. The largest absolute Gasteiger partial charge is 0.785 e. The fraction of sp³-hybridized carbons (Fsp3) is 1.00. The first-order valence-corrected chi connectivity index (χ1v) is 6.75. The van der Waals surface area contributed by atoms with Crippen molar-refractivity contribution >= 4 is 0 Å². The van der Waals surface area contributed by atoms with Gasteiger partial charge >= 0.3 is 0 Å². The molecule has 0 amide bonds. The van der Waals surface area contributed by atoms with Crippen LogP contribution in [0.3, 0.4) is 0 Å². The summed E-state index contributed by atoms with van der Waals surface area (Å²) in [4.78, 5) is 0. The molecule has 0 saturated heterocycles. The van der Waals surface area contributed by atoms with Crippen LogP contribution in [0.25, 0.3) is 0 Å². The number of unbranched alkanes of at least 4 members (excludes halogenated alkanes) is 3. The molecule has 2 nitrogen and oxygen atoms in total. The third-order valence-electron chi connectivity index (χ3n) is 3.45. The van der Waals surface area contributed by atoms with E-state index < -0.39 is 0 Å². The van der Waals surface area contributed by atoms with Crippen molar-refractivity contribution in [2.75, 3.05) is 13.1 Å². The first-order valence-electron chi connectivity index (χ1n) is 6.75. The smallest absolute Gasteiger partial charge is 0.0116 e. The minimum Gasteiger partial charge on any atom is -0.785 e. The van der Waals surface area contributed by atoms with E-state index in [0.29, 0.717) is 5.92 Å². The van der Waals surface area contributed by atoms with Crippen LogP contribution in [0.15, 0.2) is 0 Å². The monoisotopic (exact) mass is 212 g/mol. The van der Waals surface area contributed by atoms with Gasteiger partial charge in [-0.2, -0.15) is 0 Å². The van der Waals surface area contributed by atoms with Gasteiger partial charge in [-0.05, 0) is 38.3 Å². The summed E-state index contributed by atoms with van der Waals surface area (Å²) < 4.78 is 0. The summed E-state index contributed by atoms with van der Waals surface area (Å²) >= 11 is 0. The SMILES string of the molecule is CCCCCCN([O-])CC1CCCCC1. The highest BCUT2D eigenvalue weighted by atomic mass is 16.5. The molecule has 1 rings (SSSR count). The van der Waals surface area contributed by atoms with Gasteiger partial charge in [0.1, 0.15) is 0 Å². The van der Waals surface area contributed by atoms with E-state index in [0.717, 1.165) is 19.5 Å². The van der Waals surface area contributed by atoms with Crippen LogP contribution in [0.1, 0.15) is 64.7 Å². The molecule has 0 aliphatic heterocycles. The third kappa shape index (κ3) is 6.16. The average molecular weight is 212 g/mol. The molecule has 1 fully saturated rings.